The van der Waals surface area contributed by atoms with Crippen LogP contribution in [0, 0.1) is 11.6 Å². The molecule has 1 aromatic heterocycles. The minimum Gasteiger partial charge on any atom is -0.294 e. The van der Waals surface area contributed by atoms with E-state index in [1.165, 1.54) is 0 Å². The summed E-state index contributed by atoms with van der Waals surface area (Å²) in [5, 5.41) is 0. The molecule has 1 heterocycles. The maximum Gasteiger partial charge on any atom is 0.167 e. The van der Waals surface area contributed by atoms with Crippen LogP contribution in [0.5, 0.6) is 0 Å². The van der Waals surface area contributed by atoms with Crippen molar-refractivity contribution in [2.24, 2.45) is 0 Å². The number of benzene rings is 1. The number of aromatic nitrogens is 1. The number of rotatable bonds is 3. The molecule has 0 N–H and O–H groups in total. The molecule has 18 heavy (non-hydrogen) atoms. The zero-order valence-corrected chi connectivity index (χ0v) is 10.7. The monoisotopic (exact) mass is 311 g/mol. The van der Waals surface area contributed by atoms with E-state index in [2.05, 4.69) is 20.9 Å². The third kappa shape index (κ3) is 2.79. The van der Waals surface area contributed by atoms with Gasteiger partial charge in [0.1, 0.15) is 11.6 Å². The van der Waals surface area contributed by atoms with Crippen molar-refractivity contribution in [2.75, 3.05) is 0 Å². The lowest BCUT2D eigenvalue weighted by Crippen LogP contribution is -2.07. The van der Waals surface area contributed by atoms with Gasteiger partial charge in [-0.25, -0.2) is 8.78 Å². The van der Waals surface area contributed by atoms with Crippen molar-refractivity contribution in [3.05, 3.63) is 63.9 Å². The first-order valence-corrected chi connectivity index (χ1v) is 5.94. The first-order valence-electron chi connectivity index (χ1n) is 5.14. The van der Waals surface area contributed by atoms with Gasteiger partial charge in [-0.3, -0.25) is 9.78 Å². The minimum absolute atomic E-state index is 0.252. The second kappa shape index (κ2) is 5.35. The molecule has 2 aromatic rings. The highest BCUT2D eigenvalue weighted by molar-refractivity contribution is 9.10. The van der Waals surface area contributed by atoms with E-state index in [1.54, 1.807) is 24.3 Å². The molecule has 0 saturated carbocycles. The third-order valence-electron chi connectivity index (χ3n) is 2.46. The largest absolute Gasteiger partial charge is 0.294 e. The van der Waals surface area contributed by atoms with Gasteiger partial charge in [-0.05, 0) is 12.1 Å². The first kappa shape index (κ1) is 12.8. The Labute approximate surface area is 111 Å². The molecule has 1 aromatic carbocycles. The van der Waals surface area contributed by atoms with E-state index in [9.17, 15) is 13.6 Å². The van der Waals surface area contributed by atoms with E-state index in [0.29, 0.717) is 5.56 Å². The maximum absolute atomic E-state index is 13.3. The normalized spacial score (nSPS) is 10.4. The van der Waals surface area contributed by atoms with Gasteiger partial charge in [0.05, 0.1) is 12.4 Å². The number of halogens is 3. The number of Topliss-reactive ketones (excluding diaryl/α,β-unsaturated/α-hetero) is 1. The average Bonchev–Trinajstić information content (AvgIpc) is 2.34. The second-order valence-corrected chi connectivity index (χ2v) is 4.60. The number of nitrogens with zero attached hydrogens (tertiary/aromatic N) is 1. The number of ketones is 1. The zero-order chi connectivity index (χ0) is 13.1. The Hall–Kier alpha value is -1.62. The Kier molecular flexibility index (Phi) is 3.81. The molecular weight excluding hydrogens is 304 g/mol. The molecule has 0 unspecified atom stereocenters. The predicted octanol–water partition coefficient (Wildman–Crippen LogP) is 3.55. The van der Waals surface area contributed by atoms with Gasteiger partial charge in [0, 0.05) is 22.0 Å². The number of carbonyl (C=O) groups excluding carboxylic acids is 1. The molecule has 0 aliphatic carbocycles. The molecule has 0 radical (unpaired) electrons. The van der Waals surface area contributed by atoms with E-state index in [4.69, 9.17) is 0 Å². The molecule has 5 heteroatoms. The fourth-order valence-corrected chi connectivity index (χ4v) is 1.77. The highest BCUT2D eigenvalue weighted by atomic mass is 79.9. The molecule has 0 fully saturated rings. The van der Waals surface area contributed by atoms with Crippen molar-refractivity contribution >= 4 is 21.7 Å². The summed E-state index contributed by atoms with van der Waals surface area (Å²) in [5.41, 5.74) is 0.159. The molecule has 0 amide bonds. The van der Waals surface area contributed by atoms with Crippen LogP contribution in [0.4, 0.5) is 8.78 Å². The van der Waals surface area contributed by atoms with Crippen LogP contribution < -0.4 is 0 Å². The van der Waals surface area contributed by atoms with Crippen molar-refractivity contribution in [1.29, 1.82) is 0 Å². The topological polar surface area (TPSA) is 30.0 Å². The van der Waals surface area contributed by atoms with Crippen LogP contribution in [0.1, 0.15) is 15.9 Å². The molecule has 0 atom stereocenters. The van der Waals surface area contributed by atoms with Crippen LogP contribution >= 0.6 is 15.9 Å². The third-order valence-corrected chi connectivity index (χ3v) is 2.98. The number of carbonyl (C=O) groups is 1. The summed E-state index contributed by atoms with van der Waals surface area (Å²) in [5.74, 6) is -1.95. The molecular formula is C13H8BrF2NO. The van der Waals surface area contributed by atoms with Gasteiger partial charge in [0.2, 0.25) is 0 Å². The van der Waals surface area contributed by atoms with E-state index in [1.807, 2.05) is 0 Å². The smallest absolute Gasteiger partial charge is 0.167 e. The predicted molar refractivity (Wildman–Crippen MR) is 66.3 cm³/mol. The Bertz CT molecular complexity index is 564. The molecule has 2 rings (SSSR count). The molecule has 2 nitrogen and oxygen atoms in total. The van der Waals surface area contributed by atoms with Gasteiger partial charge in [-0.1, -0.05) is 28.1 Å². The van der Waals surface area contributed by atoms with Gasteiger partial charge in [0.15, 0.2) is 5.78 Å². The van der Waals surface area contributed by atoms with Gasteiger partial charge in [-0.15, -0.1) is 0 Å². The quantitative estimate of drug-likeness (QED) is 0.811. The molecule has 92 valence electrons. The summed E-state index contributed by atoms with van der Waals surface area (Å²) in [7, 11) is 0. The lowest BCUT2D eigenvalue weighted by Gasteiger charge is -2.04. The van der Waals surface area contributed by atoms with Crippen LogP contribution in [0.25, 0.3) is 0 Å². The van der Waals surface area contributed by atoms with Crippen molar-refractivity contribution in [1.82, 2.24) is 4.98 Å². The lowest BCUT2D eigenvalue weighted by molar-refractivity contribution is 0.0990. The number of hydrogen-bond donors (Lipinski definition) is 0. The Balaban J connectivity index is 2.24. The summed E-state index contributed by atoms with van der Waals surface area (Å²) < 4.78 is 27.5. The van der Waals surface area contributed by atoms with Crippen LogP contribution in [-0.2, 0) is 6.42 Å². The van der Waals surface area contributed by atoms with Gasteiger partial charge in [0.25, 0.3) is 0 Å². The highest BCUT2D eigenvalue weighted by Gasteiger charge is 2.14. The summed E-state index contributed by atoms with van der Waals surface area (Å²) in [4.78, 5) is 15.2. The SMILES string of the molecule is O=C(Cc1c(F)cncc1F)c1ccc(Br)cc1. The Morgan fingerprint density at radius 3 is 2.22 bits per heavy atom. The van der Waals surface area contributed by atoms with Crippen molar-refractivity contribution in [3.8, 4) is 0 Å². The fourth-order valence-electron chi connectivity index (χ4n) is 1.51. The van der Waals surface area contributed by atoms with Crippen molar-refractivity contribution in [3.63, 3.8) is 0 Å². The van der Waals surface area contributed by atoms with E-state index >= 15 is 0 Å². The van der Waals surface area contributed by atoms with Crippen molar-refractivity contribution < 1.29 is 13.6 Å². The average molecular weight is 312 g/mol. The minimum atomic E-state index is -0.805. The Morgan fingerprint density at radius 1 is 1.11 bits per heavy atom. The van der Waals surface area contributed by atoms with Gasteiger partial charge >= 0.3 is 0 Å². The zero-order valence-electron chi connectivity index (χ0n) is 9.16. The second-order valence-electron chi connectivity index (χ2n) is 3.69. The number of pyridine rings is 1. The summed E-state index contributed by atoms with van der Waals surface area (Å²) in [6.07, 6.45) is 1.47. The van der Waals surface area contributed by atoms with Crippen LogP contribution in [0.2, 0.25) is 0 Å². The Morgan fingerprint density at radius 2 is 1.67 bits per heavy atom. The molecule has 0 spiro atoms. The molecule has 0 aliphatic rings. The van der Waals surface area contributed by atoms with Crippen LogP contribution in [0.15, 0.2) is 41.1 Å². The fraction of sp³-hybridized carbons (Fsp3) is 0.0769. The lowest BCUT2D eigenvalue weighted by atomic mass is 10.0. The number of hydrogen-bond acceptors (Lipinski definition) is 2. The van der Waals surface area contributed by atoms with E-state index in [0.717, 1.165) is 16.9 Å². The van der Waals surface area contributed by atoms with E-state index in [-0.39, 0.29) is 17.8 Å². The molecule has 0 bridgehead atoms. The standard InChI is InChI=1S/C13H8BrF2NO/c14-9-3-1-8(2-4-9)13(18)5-10-11(15)6-17-7-12(10)16/h1-4,6-7H,5H2. The molecule has 0 aliphatic heterocycles. The highest BCUT2D eigenvalue weighted by Crippen LogP contribution is 2.16. The van der Waals surface area contributed by atoms with Crippen LogP contribution in [0.3, 0.4) is 0 Å². The van der Waals surface area contributed by atoms with Gasteiger partial charge < -0.3 is 0 Å². The summed E-state index contributed by atoms with van der Waals surface area (Å²) >= 11 is 3.25. The van der Waals surface area contributed by atoms with Crippen molar-refractivity contribution in [2.45, 2.75) is 6.42 Å². The summed E-state index contributed by atoms with van der Waals surface area (Å²) in [6.45, 7) is 0. The maximum atomic E-state index is 13.3. The van der Waals surface area contributed by atoms with Gasteiger partial charge in [-0.2, -0.15) is 0 Å². The van der Waals surface area contributed by atoms with Crippen LogP contribution in [-0.4, -0.2) is 10.8 Å². The molecule has 0 saturated heterocycles. The van der Waals surface area contributed by atoms with E-state index < -0.39 is 11.6 Å². The first-order chi connectivity index (χ1) is 8.58. The summed E-state index contributed by atoms with van der Waals surface area (Å²) in [6, 6.07) is 6.60.